The van der Waals surface area contributed by atoms with Gasteiger partial charge in [-0.2, -0.15) is 0 Å². The van der Waals surface area contributed by atoms with Crippen molar-refractivity contribution in [2.45, 2.75) is 6.92 Å². The summed E-state index contributed by atoms with van der Waals surface area (Å²) in [5.41, 5.74) is 1.19. The Morgan fingerprint density at radius 2 is 1.82 bits per heavy atom. The standard InChI is InChI=1S/C20H13ClN2O5/c1-11-2-7-15-16(8-11)28-18-10-13(23(25)26)9-17(19(18)20(24)22-15)27-14-5-3-12(21)4-6-14/h2-10H,1H3,(H,22,24). The third-order valence-electron chi connectivity index (χ3n) is 4.14. The summed E-state index contributed by atoms with van der Waals surface area (Å²) >= 11 is 5.88. The van der Waals surface area contributed by atoms with Crippen LogP contribution in [0.1, 0.15) is 15.9 Å². The maximum atomic E-state index is 12.8. The molecule has 28 heavy (non-hydrogen) atoms. The average Bonchev–Trinajstić information content (AvgIpc) is 2.79. The number of nitro groups is 1. The van der Waals surface area contributed by atoms with Crippen molar-refractivity contribution in [2.24, 2.45) is 0 Å². The van der Waals surface area contributed by atoms with E-state index in [1.54, 1.807) is 36.4 Å². The number of nitrogens with one attached hydrogen (secondary N) is 1. The van der Waals surface area contributed by atoms with Crippen LogP contribution >= 0.6 is 11.6 Å². The average molecular weight is 397 g/mol. The molecule has 140 valence electrons. The molecule has 0 spiro atoms. The van der Waals surface area contributed by atoms with Crippen LogP contribution in [0.2, 0.25) is 5.02 Å². The summed E-state index contributed by atoms with van der Waals surface area (Å²) in [6.45, 7) is 1.87. The van der Waals surface area contributed by atoms with Crippen LogP contribution in [0.4, 0.5) is 11.4 Å². The normalized spacial score (nSPS) is 12.1. The van der Waals surface area contributed by atoms with Gasteiger partial charge in [0.2, 0.25) is 0 Å². The monoisotopic (exact) mass is 396 g/mol. The number of benzene rings is 3. The Labute approximate surface area is 164 Å². The highest BCUT2D eigenvalue weighted by atomic mass is 35.5. The number of non-ortho nitro benzene ring substituents is 1. The maximum absolute atomic E-state index is 12.8. The molecule has 1 heterocycles. The topological polar surface area (TPSA) is 90.7 Å². The fraction of sp³-hybridized carbons (Fsp3) is 0.0500. The first-order valence-electron chi connectivity index (χ1n) is 8.26. The van der Waals surface area contributed by atoms with Crippen molar-refractivity contribution >= 4 is 28.9 Å². The molecule has 7 nitrogen and oxygen atoms in total. The summed E-state index contributed by atoms with van der Waals surface area (Å²) in [7, 11) is 0. The van der Waals surface area contributed by atoms with Gasteiger partial charge in [0.25, 0.3) is 11.6 Å². The quantitative estimate of drug-likeness (QED) is 0.452. The van der Waals surface area contributed by atoms with Gasteiger partial charge in [-0.1, -0.05) is 17.7 Å². The van der Waals surface area contributed by atoms with E-state index in [0.29, 0.717) is 22.2 Å². The van der Waals surface area contributed by atoms with Crippen molar-refractivity contribution in [1.29, 1.82) is 0 Å². The van der Waals surface area contributed by atoms with E-state index in [9.17, 15) is 14.9 Å². The molecular formula is C20H13ClN2O5. The van der Waals surface area contributed by atoms with Crippen molar-refractivity contribution in [1.82, 2.24) is 0 Å². The molecule has 1 amide bonds. The van der Waals surface area contributed by atoms with E-state index in [0.717, 1.165) is 5.56 Å². The van der Waals surface area contributed by atoms with Crippen molar-refractivity contribution < 1.29 is 19.2 Å². The molecule has 0 atom stereocenters. The number of hydrogen-bond donors (Lipinski definition) is 1. The molecule has 0 saturated carbocycles. The molecule has 0 aromatic heterocycles. The SMILES string of the molecule is Cc1ccc2c(c1)Oc1cc([N+](=O)[O-])cc(Oc3ccc(Cl)cc3)c1C(=O)N2. The van der Waals surface area contributed by atoms with Crippen LogP contribution in [0.15, 0.2) is 54.6 Å². The Kier molecular flexibility index (Phi) is 4.37. The van der Waals surface area contributed by atoms with Gasteiger partial charge in [0.15, 0.2) is 17.2 Å². The number of rotatable bonds is 3. The zero-order valence-corrected chi connectivity index (χ0v) is 15.3. The number of carbonyl (C=O) groups excluding carboxylic acids is 1. The van der Waals surface area contributed by atoms with Crippen LogP contribution in [-0.2, 0) is 0 Å². The van der Waals surface area contributed by atoms with Crippen LogP contribution in [0.5, 0.6) is 23.0 Å². The number of anilines is 1. The summed E-state index contributed by atoms with van der Waals surface area (Å²) in [5, 5.41) is 14.6. The summed E-state index contributed by atoms with van der Waals surface area (Å²) in [6.07, 6.45) is 0. The number of amides is 1. The summed E-state index contributed by atoms with van der Waals surface area (Å²) in [6, 6.07) is 14.1. The predicted octanol–water partition coefficient (Wildman–Crippen LogP) is 5.71. The number of carbonyl (C=O) groups is 1. The molecular weight excluding hydrogens is 384 g/mol. The van der Waals surface area contributed by atoms with Crippen molar-refractivity contribution in [2.75, 3.05) is 5.32 Å². The third-order valence-corrected chi connectivity index (χ3v) is 4.39. The van der Waals surface area contributed by atoms with Crippen LogP contribution in [-0.4, -0.2) is 10.8 Å². The molecule has 0 radical (unpaired) electrons. The van der Waals surface area contributed by atoms with Gasteiger partial charge in [-0.3, -0.25) is 14.9 Å². The van der Waals surface area contributed by atoms with Crippen molar-refractivity contribution in [3.05, 3.63) is 80.9 Å². The van der Waals surface area contributed by atoms with E-state index in [2.05, 4.69) is 5.32 Å². The fourth-order valence-corrected chi connectivity index (χ4v) is 2.94. The first-order valence-corrected chi connectivity index (χ1v) is 8.64. The lowest BCUT2D eigenvalue weighted by molar-refractivity contribution is -0.385. The van der Waals surface area contributed by atoms with Crippen molar-refractivity contribution in [3.8, 4) is 23.0 Å². The minimum absolute atomic E-state index is 0.00792. The van der Waals surface area contributed by atoms with Crippen molar-refractivity contribution in [3.63, 3.8) is 0 Å². The molecule has 4 rings (SSSR count). The van der Waals surface area contributed by atoms with E-state index in [-0.39, 0.29) is 22.7 Å². The third kappa shape index (κ3) is 3.35. The Balaban J connectivity index is 1.86. The van der Waals surface area contributed by atoms with E-state index in [1.165, 1.54) is 12.1 Å². The molecule has 0 saturated heterocycles. The Hall–Kier alpha value is -3.58. The first kappa shape index (κ1) is 17.8. The minimum Gasteiger partial charge on any atom is -0.456 e. The lowest BCUT2D eigenvalue weighted by Gasteiger charge is -2.12. The second-order valence-corrected chi connectivity index (χ2v) is 6.62. The van der Waals surface area contributed by atoms with Gasteiger partial charge in [-0.25, -0.2) is 0 Å². The molecule has 0 unspecified atom stereocenters. The van der Waals surface area contributed by atoms with Crippen LogP contribution in [0, 0.1) is 17.0 Å². The van der Waals surface area contributed by atoms with E-state index in [1.807, 2.05) is 13.0 Å². The minimum atomic E-state index is -0.571. The van der Waals surface area contributed by atoms with Crippen LogP contribution in [0.25, 0.3) is 0 Å². The second kappa shape index (κ2) is 6.86. The molecule has 0 fully saturated rings. The molecule has 3 aromatic carbocycles. The Bertz CT molecular complexity index is 1110. The molecule has 0 bridgehead atoms. The summed E-state index contributed by atoms with van der Waals surface area (Å²) < 4.78 is 11.6. The number of hydrogen-bond acceptors (Lipinski definition) is 5. The molecule has 1 N–H and O–H groups in total. The molecule has 3 aromatic rings. The highest BCUT2D eigenvalue weighted by Gasteiger charge is 2.28. The number of ether oxygens (including phenoxy) is 2. The number of fused-ring (bicyclic) bond motifs is 2. The molecule has 8 heteroatoms. The predicted molar refractivity (Wildman–Crippen MR) is 104 cm³/mol. The van der Waals surface area contributed by atoms with Crippen LogP contribution < -0.4 is 14.8 Å². The van der Waals surface area contributed by atoms with Gasteiger partial charge in [0, 0.05) is 5.02 Å². The maximum Gasteiger partial charge on any atom is 0.276 e. The van der Waals surface area contributed by atoms with Gasteiger partial charge in [-0.05, 0) is 48.9 Å². The number of nitrogens with zero attached hydrogens (tertiary/aromatic N) is 1. The Morgan fingerprint density at radius 3 is 2.54 bits per heavy atom. The zero-order valence-electron chi connectivity index (χ0n) is 14.6. The largest absolute Gasteiger partial charge is 0.456 e. The summed E-state index contributed by atoms with van der Waals surface area (Å²) in [5.74, 6) is 0.326. The summed E-state index contributed by atoms with van der Waals surface area (Å²) in [4.78, 5) is 23.6. The van der Waals surface area contributed by atoms with Gasteiger partial charge < -0.3 is 14.8 Å². The van der Waals surface area contributed by atoms with E-state index >= 15 is 0 Å². The second-order valence-electron chi connectivity index (χ2n) is 6.19. The number of nitro benzene ring substituents is 1. The highest BCUT2D eigenvalue weighted by molar-refractivity contribution is 6.30. The Morgan fingerprint density at radius 1 is 1.07 bits per heavy atom. The zero-order chi connectivity index (χ0) is 19.8. The lowest BCUT2D eigenvalue weighted by atomic mass is 10.1. The molecule has 1 aliphatic heterocycles. The van der Waals surface area contributed by atoms with Crippen LogP contribution in [0.3, 0.4) is 0 Å². The smallest absolute Gasteiger partial charge is 0.276 e. The lowest BCUT2D eigenvalue weighted by Crippen LogP contribution is -2.12. The van der Waals surface area contributed by atoms with E-state index < -0.39 is 10.8 Å². The van der Waals surface area contributed by atoms with Gasteiger partial charge in [-0.15, -0.1) is 0 Å². The van der Waals surface area contributed by atoms with Gasteiger partial charge >= 0.3 is 0 Å². The molecule has 0 aliphatic carbocycles. The highest BCUT2D eigenvalue weighted by Crippen LogP contribution is 2.43. The van der Waals surface area contributed by atoms with Gasteiger partial charge in [0.1, 0.15) is 11.3 Å². The van der Waals surface area contributed by atoms with Gasteiger partial charge in [0.05, 0.1) is 22.7 Å². The fourth-order valence-electron chi connectivity index (χ4n) is 2.82. The number of halogens is 1. The molecule has 1 aliphatic rings. The number of aryl methyl sites for hydroxylation is 1. The van der Waals surface area contributed by atoms with E-state index in [4.69, 9.17) is 21.1 Å². The first-order chi connectivity index (χ1) is 13.4.